The number of rotatable bonds is 3. The Bertz CT molecular complexity index is 1040. The maximum absolute atomic E-state index is 12.0. The number of H-pyrrole nitrogens is 1. The molecular weight excluding hydrogens is 338 g/mol. The average molecular weight is 351 g/mol. The highest BCUT2D eigenvalue weighted by Gasteiger charge is 2.21. The van der Waals surface area contributed by atoms with Crippen LogP contribution in [0.2, 0.25) is 0 Å². The number of ether oxygens (including phenoxy) is 1. The van der Waals surface area contributed by atoms with Gasteiger partial charge in [0.05, 0.1) is 18.4 Å². The summed E-state index contributed by atoms with van der Waals surface area (Å²) >= 11 is 5.02. The largest absolute Gasteiger partial charge is 0.464 e. The average Bonchev–Trinajstić information content (AvgIpc) is 2.97. The van der Waals surface area contributed by atoms with Crippen molar-refractivity contribution in [1.29, 1.82) is 5.26 Å². The molecule has 0 saturated heterocycles. The van der Waals surface area contributed by atoms with Crippen molar-refractivity contribution in [3.63, 3.8) is 0 Å². The Kier molecular flexibility index (Phi) is 4.33. The summed E-state index contributed by atoms with van der Waals surface area (Å²) in [5.74, 6) is -0.610. The molecule has 0 saturated carbocycles. The SMILES string of the molecule is COC(=O)c1c(N)c(C#N)cn1-c1ccc(-c2ccnc(=S)[nH]2)cc1. The molecule has 0 aliphatic carbocycles. The molecule has 2 heterocycles. The van der Waals surface area contributed by atoms with Gasteiger partial charge in [0.15, 0.2) is 10.5 Å². The van der Waals surface area contributed by atoms with Crippen LogP contribution in [0.25, 0.3) is 16.9 Å². The van der Waals surface area contributed by atoms with E-state index in [1.54, 1.807) is 18.3 Å². The summed E-state index contributed by atoms with van der Waals surface area (Å²) < 4.78 is 6.71. The number of aromatic nitrogens is 3. The van der Waals surface area contributed by atoms with Crippen molar-refractivity contribution >= 4 is 23.9 Å². The van der Waals surface area contributed by atoms with Crippen LogP contribution in [0.1, 0.15) is 16.1 Å². The van der Waals surface area contributed by atoms with Gasteiger partial charge in [0.2, 0.25) is 0 Å². The quantitative estimate of drug-likeness (QED) is 0.555. The number of nitrogens with zero attached hydrogens (tertiary/aromatic N) is 3. The number of benzene rings is 1. The number of esters is 1. The number of nitrogens with two attached hydrogens (primary N) is 1. The topological polar surface area (TPSA) is 110 Å². The van der Waals surface area contributed by atoms with Crippen LogP contribution < -0.4 is 5.73 Å². The lowest BCUT2D eigenvalue weighted by molar-refractivity contribution is 0.0593. The van der Waals surface area contributed by atoms with E-state index in [1.807, 2.05) is 24.3 Å². The van der Waals surface area contributed by atoms with Gasteiger partial charge in [0.1, 0.15) is 6.07 Å². The van der Waals surface area contributed by atoms with Gasteiger partial charge in [0.25, 0.3) is 0 Å². The Labute approximate surface area is 148 Å². The van der Waals surface area contributed by atoms with Gasteiger partial charge < -0.3 is 20.0 Å². The third-order valence-electron chi connectivity index (χ3n) is 3.67. The lowest BCUT2D eigenvalue weighted by Gasteiger charge is -2.09. The molecule has 3 aromatic rings. The lowest BCUT2D eigenvalue weighted by atomic mass is 10.1. The van der Waals surface area contributed by atoms with Crippen LogP contribution in [-0.4, -0.2) is 27.6 Å². The molecule has 3 N–H and O–H groups in total. The molecule has 0 radical (unpaired) electrons. The van der Waals surface area contributed by atoms with Gasteiger partial charge in [0, 0.05) is 23.8 Å². The zero-order chi connectivity index (χ0) is 18.0. The lowest BCUT2D eigenvalue weighted by Crippen LogP contribution is -2.11. The van der Waals surface area contributed by atoms with Crippen LogP contribution in [0, 0.1) is 16.1 Å². The molecule has 0 atom stereocenters. The van der Waals surface area contributed by atoms with Crippen molar-refractivity contribution in [2.75, 3.05) is 12.8 Å². The third-order valence-corrected chi connectivity index (χ3v) is 3.88. The molecule has 8 heteroatoms. The van der Waals surface area contributed by atoms with Crippen molar-refractivity contribution < 1.29 is 9.53 Å². The number of anilines is 1. The molecule has 0 aliphatic heterocycles. The normalized spacial score (nSPS) is 10.2. The Hall–Kier alpha value is -3.44. The standard InChI is InChI=1S/C17H13N5O2S/c1-24-16(23)15-14(19)11(8-18)9-22(15)12-4-2-10(3-5-12)13-6-7-20-17(25)21-13/h2-7,9H,19H2,1H3,(H,20,21,25). The first-order chi connectivity index (χ1) is 12.0. The Morgan fingerprint density at radius 2 is 2.08 bits per heavy atom. The number of methoxy groups -OCH3 is 1. The van der Waals surface area contributed by atoms with E-state index in [9.17, 15) is 4.79 Å². The molecule has 7 nitrogen and oxygen atoms in total. The molecule has 25 heavy (non-hydrogen) atoms. The highest BCUT2D eigenvalue weighted by molar-refractivity contribution is 7.71. The molecular formula is C17H13N5O2S. The Morgan fingerprint density at radius 1 is 1.36 bits per heavy atom. The fourth-order valence-electron chi connectivity index (χ4n) is 2.46. The molecule has 3 rings (SSSR count). The van der Waals surface area contributed by atoms with Gasteiger partial charge in [-0.3, -0.25) is 0 Å². The number of carbonyl (C=O) groups excluding carboxylic acids is 1. The number of hydrogen-bond acceptors (Lipinski definition) is 6. The van der Waals surface area contributed by atoms with Gasteiger partial charge in [-0.2, -0.15) is 5.26 Å². The fraction of sp³-hybridized carbons (Fsp3) is 0.0588. The van der Waals surface area contributed by atoms with Crippen molar-refractivity contribution in [1.82, 2.24) is 14.5 Å². The molecule has 0 spiro atoms. The highest BCUT2D eigenvalue weighted by Crippen LogP contribution is 2.26. The molecule has 0 bridgehead atoms. The first-order valence-corrected chi connectivity index (χ1v) is 7.61. The highest BCUT2D eigenvalue weighted by atomic mass is 32.1. The smallest absolute Gasteiger partial charge is 0.357 e. The van der Waals surface area contributed by atoms with Crippen molar-refractivity contribution in [2.45, 2.75) is 0 Å². The van der Waals surface area contributed by atoms with E-state index in [1.165, 1.54) is 17.9 Å². The summed E-state index contributed by atoms with van der Waals surface area (Å²) in [5.41, 5.74) is 8.72. The van der Waals surface area contributed by atoms with Crippen LogP contribution >= 0.6 is 12.2 Å². The van der Waals surface area contributed by atoms with Crippen molar-refractivity contribution in [3.8, 4) is 23.0 Å². The zero-order valence-electron chi connectivity index (χ0n) is 13.2. The van der Waals surface area contributed by atoms with E-state index >= 15 is 0 Å². The van der Waals surface area contributed by atoms with Crippen molar-refractivity contribution in [3.05, 3.63) is 58.8 Å². The summed E-state index contributed by atoms with van der Waals surface area (Å²) in [4.78, 5) is 19.0. The molecule has 0 aliphatic rings. The number of nitriles is 1. The maximum Gasteiger partial charge on any atom is 0.357 e. The Morgan fingerprint density at radius 3 is 2.68 bits per heavy atom. The van der Waals surface area contributed by atoms with Gasteiger partial charge in [-0.1, -0.05) is 12.1 Å². The van der Waals surface area contributed by atoms with Crippen LogP contribution in [0.5, 0.6) is 0 Å². The first kappa shape index (κ1) is 16.4. The number of aromatic amines is 1. The fourth-order valence-corrected chi connectivity index (χ4v) is 2.63. The minimum Gasteiger partial charge on any atom is -0.464 e. The van der Waals surface area contributed by atoms with Crippen LogP contribution in [0.15, 0.2) is 42.7 Å². The van der Waals surface area contributed by atoms with Gasteiger partial charge >= 0.3 is 5.97 Å². The van der Waals surface area contributed by atoms with Crippen LogP contribution in [0.3, 0.4) is 0 Å². The van der Waals surface area contributed by atoms with E-state index in [0.717, 1.165) is 11.3 Å². The summed E-state index contributed by atoms with van der Waals surface area (Å²) in [6.45, 7) is 0. The second-order valence-electron chi connectivity index (χ2n) is 5.11. The van der Waals surface area contributed by atoms with E-state index in [4.69, 9.17) is 28.0 Å². The third kappa shape index (κ3) is 3.00. The van der Waals surface area contributed by atoms with Crippen molar-refractivity contribution in [2.24, 2.45) is 0 Å². The molecule has 124 valence electrons. The summed E-state index contributed by atoms with van der Waals surface area (Å²) in [5, 5.41) is 9.16. The molecule has 2 aromatic heterocycles. The summed E-state index contributed by atoms with van der Waals surface area (Å²) in [7, 11) is 1.26. The van der Waals surface area contributed by atoms with Crippen LogP contribution in [-0.2, 0) is 4.74 Å². The molecule has 0 amide bonds. The van der Waals surface area contributed by atoms with Gasteiger partial charge in [-0.05, 0) is 36.0 Å². The predicted molar refractivity (Wildman–Crippen MR) is 94.7 cm³/mol. The summed E-state index contributed by atoms with van der Waals surface area (Å²) in [6, 6.07) is 11.1. The van der Waals surface area contributed by atoms with Crippen LogP contribution in [0.4, 0.5) is 5.69 Å². The first-order valence-electron chi connectivity index (χ1n) is 7.20. The number of nitrogen functional groups attached to an aromatic ring is 1. The molecule has 0 fully saturated rings. The van der Waals surface area contributed by atoms with E-state index < -0.39 is 5.97 Å². The Balaban J connectivity index is 2.08. The minimum absolute atomic E-state index is 0.0941. The van der Waals surface area contributed by atoms with Gasteiger partial charge in [-0.15, -0.1) is 0 Å². The number of nitrogens with one attached hydrogen (secondary N) is 1. The van der Waals surface area contributed by atoms with Gasteiger partial charge in [-0.25, -0.2) is 9.78 Å². The second-order valence-corrected chi connectivity index (χ2v) is 5.50. The monoisotopic (exact) mass is 351 g/mol. The van der Waals surface area contributed by atoms with E-state index in [2.05, 4.69) is 9.97 Å². The maximum atomic E-state index is 12.0. The minimum atomic E-state index is -0.610. The van der Waals surface area contributed by atoms with E-state index in [-0.39, 0.29) is 16.9 Å². The second kappa shape index (κ2) is 6.59. The molecule has 1 aromatic carbocycles. The number of carbonyl (C=O) groups is 1. The predicted octanol–water partition coefficient (Wildman–Crippen LogP) is 2.84. The zero-order valence-corrected chi connectivity index (χ0v) is 14.0. The summed E-state index contributed by atoms with van der Waals surface area (Å²) in [6.07, 6.45) is 3.14. The molecule has 0 unspecified atom stereocenters. The number of hydrogen-bond donors (Lipinski definition) is 2. The van der Waals surface area contributed by atoms with E-state index in [0.29, 0.717) is 10.5 Å².